The highest BCUT2D eigenvalue weighted by atomic mass is 16.5. The summed E-state index contributed by atoms with van der Waals surface area (Å²) in [5, 5.41) is 14.5. The Morgan fingerprint density at radius 2 is 1.88 bits per heavy atom. The highest BCUT2D eigenvalue weighted by Crippen LogP contribution is 2.32. The molecule has 3 N–H and O–H groups in total. The Kier molecular flexibility index (Phi) is 8.48. The fraction of sp³-hybridized carbons (Fsp3) is 0.400. The van der Waals surface area contributed by atoms with Crippen LogP contribution in [0.15, 0.2) is 42.5 Å². The summed E-state index contributed by atoms with van der Waals surface area (Å²) in [4.78, 5) is 39.8. The summed E-state index contributed by atoms with van der Waals surface area (Å²) >= 11 is 0. The van der Waals surface area contributed by atoms with Crippen LogP contribution in [-0.4, -0.2) is 60.7 Å². The number of carboxylic acid groups (broad SMARTS) is 1. The lowest BCUT2D eigenvalue weighted by Crippen LogP contribution is -2.41. The van der Waals surface area contributed by atoms with E-state index in [0.29, 0.717) is 42.3 Å². The Morgan fingerprint density at radius 1 is 1.15 bits per heavy atom. The Labute approximate surface area is 199 Å². The van der Waals surface area contributed by atoms with Crippen molar-refractivity contribution in [3.05, 3.63) is 48.0 Å². The molecule has 3 amide bonds. The lowest BCUT2D eigenvalue weighted by atomic mass is 10.1. The minimum absolute atomic E-state index is 0.0183. The van der Waals surface area contributed by atoms with Crippen LogP contribution in [-0.2, 0) is 9.59 Å². The van der Waals surface area contributed by atoms with Gasteiger partial charge in [0.1, 0.15) is 5.75 Å². The van der Waals surface area contributed by atoms with Crippen molar-refractivity contribution < 1.29 is 24.2 Å². The summed E-state index contributed by atoms with van der Waals surface area (Å²) in [6.07, 6.45) is 1.52. The molecule has 0 aliphatic carbocycles. The van der Waals surface area contributed by atoms with Gasteiger partial charge < -0.3 is 30.3 Å². The molecule has 1 aliphatic rings. The number of ether oxygens (including phenoxy) is 1. The average Bonchev–Trinajstić information content (AvgIpc) is 3.24. The van der Waals surface area contributed by atoms with E-state index in [-0.39, 0.29) is 18.4 Å². The number of likely N-dealkylation sites (tertiary alicyclic amines) is 1. The van der Waals surface area contributed by atoms with E-state index in [0.717, 1.165) is 18.5 Å². The first-order valence-corrected chi connectivity index (χ1v) is 11.3. The maximum absolute atomic E-state index is 12.5. The van der Waals surface area contributed by atoms with Crippen LogP contribution in [0.4, 0.5) is 21.9 Å². The molecule has 9 heteroatoms. The second kappa shape index (κ2) is 11.5. The summed E-state index contributed by atoms with van der Waals surface area (Å²) in [6.45, 7) is 5.62. The van der Waals surface area contributed by atoms with E-state index < -0.39 is 12.0 Å². The zero-order valence-electron chi connectivity index (χ0n) is 19.8. The van der Waals surface area contributed by atoms with Crippen LogP contribution in [0.5, 0.6) is 5.75 Å². The SMILES string of the molecule is COc1cc(N(C(C)=O)C2CCN(CCCC(=O)O)C2)ccc1NC(=O)Nc1ccccc1C. The van der Waals surface area contributed by atoms with Gasteiger partial charge in [-0.2, -0.15) is 0 Å². The first-order valence-electron chi connectivity index (χ1n) is 11.3. The standard InChI is InChI=1S/C25H32N4O5/c1-17-7-4-5-8-21(17)26-25(33)27-22-11-10-19(15-23(22)34-3)29(18(2)30)20-12-14-28(16-20)13-6-9-24(31)32/h4-5,7-8,10-11,15,20H,6,9,12-14,16H2,1-3H3,(H,31,32)(H2,26,27,33). The van der Waals surface area contributed by atoms with E-state index in [1.807, 2.05) is 31.2 Å². The first kappa shape index (κ1) is 25.0. The maximum atomic E-state index is 12.5. The smallest absolute Gasteiger partial charge is 0.323 e. The first-order chi connectivity index (χ1) is 16.3. The summed E-state index contributed by atoms with van der Waals surface area (Å²) in [5.74, 6) is -0.438. The molecule has 9 nitrogen and oxygen atoms in total. The van der Waals surface area contributed by atoms with Crippen molar-refractivity contribution in [3.8, 4) is 5.75 Å². The molecular weight excluding hydrogens is 436 g/mol. The van der Waals surface area contributed by atoms with Crippen LogP contribution in [0, 0.1) is 6.92 Å². The number of aryl methyl sites for hydroxylation is 1. The molecule has 1 atom stereocenters. The van der Waals surface area contributed by atoms with Crippen LogP contribution < -0.4 is 20.3 Å². The maximum Gasteiger partial charge on any atom is 0.323 e. The third-order valence-corrected chi connectivity index (χ3v) is 5.92. The van der Waals surface area contributed by atoms with Gasteiger partial charge in [-0.25, -0.2) is 4.79 Å². The van der Waals surface area contributed by atoms with Gasteiger partial charge >= 0.3 is 12.0 Å². The number of carbonyl (C=O) groups excluding carboxylic acids is 2. The predicted octanol–water partition coefficient (Wildman–Crippen LogP) is 3.94. The molecule has 2 aromatic rings. The van der Waals surface area contributed by atoms with Crippen LogP contribution in [0.3, 0.4) is 0 Å². The number of rotatable bonds is 9. The monoisotopic (exact) mass is 468 g/mol. The van der Waals surface area contributed by atoms with Crippen LogP contribution in [0.1, 0.15) is 31.7 Å². The van der Waals surface area contributed by atoms with Crippen LogP contribution >= 0.6 is 0 Å². The number of amides is 3. The molecule has 0 radical (unpaired) electrons. The number of hydrogen-bond acceptors (Lipinski definition) is 5. The Bertz CT molecular complexity index is 1040. The second-order valence-corrected chi connectivity index (χ2v) is 8.41. The zero-order valence-corrected chi connectivity index (χ0v) is 19.8. The number of methoxy groups -OCH3 is 1. The number of hydrogen-bond donors (Lipinski definition) is 3. The third-order valence-electron chi connectivity index (χ3n) is 5.92. The highest BCUT2D eigenvalue weighted by Gasteiger charge is 2.30. The minimum Gasteiger partial charge on any atom is -0.494 e. The normalized spacial score (nSPS) is 15.6. The molecule has 34 heavy (non-hydrogen) atoms. The predicted molar refractivity (Wildman–Crippen MR) is 132 cm³/mol. The number of carboxylic acids is 1. The summed E-state index contributed by atoms with van der Waals surface area (Å²) in [6, 6.07) is 12.3. The van der Waals surface area contributed by atoms with Crippen molar-refractivity contribution in [2.24, 2.45) is 0 Å². The summed E-state index contributed by atoms with van der Waals surface area (Å²) in [7, 11) is 1.52. The number of carbonyl (C=O) groups is 3. The fourth-order valence-corrected chi connectivity index (χ4v) is 4.25. The molecule has 1 saturated heterocycles. The van der Waals surface area contributed by atoms with E-state index in [2.05, 4.69) is 15.5 Å². The van der Waals surface area contributed by atoms with Gasteiger partial charge in [-0.1, -0.05) is 18.2 Å². The lowest BCUT2D eigenvalue weighted by Gasteiger charge is -2.29. The Morgan fingerprint density at radius 3 is 2.56 bits per heavy atom. The van der Waals surface area contributed by atoms with Crippen LogP contribution in [0.25, 0.3) is 0 Å². The van der Waals surface area contributed by atoms with Crippen molar-refractivity contribution >= 4 is 35.0 Å². The fourth-order valence-electron chi connectivity index (χ4n) is 4.25. The van der Waals surface area contributed by atoms with Gasteiger partial charge in [0.15, 0.2) is 0 Å². The van der Waals surface area contributed by atoms with Crippen molar-refractivity contribution in [3.63, 3.8) is 0 Å². The number of nitrogens with zero attached hydrogens (tertiary/aromatic N) is 2. The number of nitrogens with one attached hydrogen (secondary N) is 2. The number of para-hydroxylation sites is 1. The third kappa shape index (κ3) is 6.48. The highest BCUT2D eigenvalue weighted by molar-refractivity contribution is 6.01. The second-order valence-electron chi connectivity index (χ2n) is 8.41. The summed E-state index contributed by atoms with van der Waals surface area (Å²) < 4.78 is 5.50. The summed E-state index contributed by atoms with van der Waals surface area (Å²) in [5.41, 5.74) is 2.84. The van der Waals surface area contributed by atoms with Crippen molar-refractivity contribution in [1.82, 2.24) is 4.90 Å². The van der Waals surface area contributed by atoms with Crippen molar-refractivity contribution in [2.45, 2.75) is 39.2 Å². The van der Waals surface area contributed by atoms with Gasteiger partial charge in [-0.15, -0.1) is 0 Å². The molecule has 1 fully saturated rings. The van der Waals surface area contributed by atoms with Crippen molar-refractivity contribution in [1.29, 1.82) is 0 Å². The molecule has 182 valence electrons. The molecule has 0 saturated carbocycles. The molecule has 0 aromatic heterocycles. The van der Waals surface area contributed by atoms with Gasteiger partial charge in [-0.3, -0.25) is 9.59 Å². The molecule has 2 aromatic carbocycles. The number of anilines is 3. The molecule has 1 heterocycles. The van der Waals surface area contributed by atoms with Crippen LogP contribution in [0.2, 0.25) is 0 Å². The molecular formula is C25H32N4O5. The largest absolute Gasteiger partial charge is 0.494 e. The number of benzene rings is 2. The number of aliphatic carboxylic acids is 1. The number of urea groups is 1. The Balaban J connectivity index is 1.69. The average molecular weight is 469 g/mol. The topological polar surface area (TPSA) is 111 Å². The van der Waals surface area contributed by atoms with E-state index in [1.165, 1.54) is 14.0 Å². The molecule has 3 rings (SSSR count). The van der Waals surface area contributed by atoms with E-state index >= 15 is 0 Å². The lowest BCUT2D eigenvalue weighted by molar-refractivity contribution is -0.137. The Hall–Kier alpha value is -3.59. The van der Waals surface area contributed by atoms with Crippen molar-refractivity contribution in [2.75, 3.05) is 42.3 Å². The zero-order chi connectivity index (χ0) is 24.7. The van der Waals surface area contributed by atoms with E-state index in [4.69, 9.17) is 9.84 Å². The van der Waals surface area contributed by atoms with Gasteiger partial charge in [0.2, 0.25) is 5.91 Å². The van der Waals surface area contributed by atoms with Gasteiger partial charge in [-0.05, 0) is 50.1 Å². The molecule has 0 bridgehead atoms. The van der Waals surface area contributed by atoms with E-state index in [9.17, 15) is 14.4 Å². The van der Waals surface area contributed by atoms with Gasteiger partial charge in [0.05, 0.1) is 18.8 Å². The quantitative estimate of drug-likeness (QED) is 0.514. The molecule has 1 aliphatic heterocycles. The van der Waals surface area contributed by atoms with E-state index in [1.54, 1.807) is 23.1 Å². The van der Waals surface area contributed by atoms with Gasteiger partial charge in [0, 0.05) is 43.9 Å². The van der Waals surface area contributed by atoms with Gasteiger partial charge in [0.25, 0.3) is 0 Å². The molecule has 1 unspecified atom stereocenters. The minimum atomic E-state index is -0.797. The molecule has 0 spiro atoms.